The number of esters is 3. The Morgan fingerprint density at radius 3 is 0.923 bits per heavy atom. The summed E-state index contributed by atoms with van der Waals surface area (Å²) in [5.41, 5.74) is 0. The number of rotatable bonds is 49. The molecule has 1 atom stereocenters. The zero-order chi connectivity index (χ0) is 47.2. The standard InChI is InChI=1S/C59H102O6/c1-4-7-10-13-16-19-22-25-28-29-32-34-37-40-43-46-49-52-58(61)64-55-56(65-59(62)53-50-47-44-41-38-35-31-27-24-21-18-15-12-9-6-3)54-63-57(60)51-48-45-42-39-36-33-30-26-23-20-17-14-11-8-5-2/h8-9,11-12,14-15,17-18,20-21,23-24,56H,4-7,10,13,16,19,22,25-55H2,1-3H3/b11-8-,12-9-,17-14-,18-15-,23-20-,24-21-. The van der Waals surface area contributed by atoms with E-state index < -0.39 is 6.10 Å². The number of carbonyl (C=O) groups excluding carboxylic acids is 3. The minimum atomic E-state index is -0.785. The molecule has 0 aromatic carbocycles. The topological polar surface area (TPSA) is 78.9 Å². The van der Waals surface area contributed by atoms with E-state index in [2.05, 4.69) is 93.7 Å². The summed E-state index contributed by atoms with van der Waals surface area (Å²) in [6, 6.07) is 0. The molecule has 0 saturated heterocycles. The summed E-state index contributed by atoms with van der Waals surface area (Å²) < 4.78 is 16.8. The lowest BCUT2D eigenvalue weighted by Gasteiger charge is -2.18. The van der Waals surface area contributed by atoms with Gasteiger partial charge in [-0.25, -0.2) is 0 Å². The normalized spacial score (nSPS) is 12.6. The second kappa shape index (κ2) is 53.5. The molecule has 1 unspecified atom stereocenters. The van der Waals surface area contributed by atoms with E-state index in [4.69, 9.17) is 14.2 Å². The Balaban J connectivity index is 4.38. The maximum Gasteiger partial charge on any atom is 0.306 e. The lowest BCUT2D eigenvalue weighted by atomic mass is 10.0. The molecule has 374 valence electrons. The van der Waals surface area contributed by atoms with Crippen LogP contribution in [0.1, 0.15) is 265 Å². The van der Waals surface area contributed by atoms with Crippen molar-refractivity contribution in [3.8, 4) is 0 Å². The monoisotopic (exact) mass is 907 g/mol. The van der Waals surface area contributed by atoms with Gasteiger partial charge in [0.1, 0.15) is 13.2 Å². The van der Waals surface area contributed by atoms with Gasteiger partial charge < -0.3 is 14.2 Å². The Labute approximate surface area is 402 Å². The largest absolute Gasteiger partial charge is 0.462 e. The molecule has 0 rings (SSSR count). The first kappa shape index (κ1) is 61.9. The van der Waals surface area contributed by atoms with Crippen molar-refractivity contribution < 1.29 is 28.6 Å². The molecule has 0 bridgehead atoms. The third kappa shape index (κ3) is 51.7. The van der Waals surface area contributed by atoms with Crippen LogP contribution in [0.4, 0.5) is 0 Å². The third-order valence-electron chi connectivity index (χ3n) is 11.8. The van der Waals surface area contributed by atoms with Crippen LogP contribution < -0.4 is 0 Å². The number of hydrogen-bond acceptors (Lipinski definition) is 6. The molecule has 0 amide bonds. The molecule has 0 aliphatic rings. The number of allylic oxidation sites excluding steroid dienone is 12. The van der Waals surface area contributed by atoms with Crippen molar-refractivity contribution in [3.05, 3.63) is 72.9 Å². The molecular formula is C59H102O6. The van der Waals surface area contributed by atoms with Crippen LogP contribution in [0.5, 0.6) is 0 Å². The van der Waals surface area contributed by atoms with Crippen LogP contribution in [-0.2, 0) is 28.6 Å². The molecule has 0 N–H and O–H groups in total. The highest BCUT2D eigenvalue weighted by Crippen LogP contribution is 2.16. The SMILES string of the molecule is CC\C=C/C=C\C=C/CCCCCCCCCC(=O)OCC(COC(=O)CCCCCCCCCCCCCCCCCCC)OC(=O)CCCCCCCCC\C=C/C=C\C=C/CC. The zero-order valence-corrected chi connectivity index (χ0v) is 42.7. The minimum absolute atomic E-state index is 0.0824. The van der Waals surface area contributed by atoms with E-state index >= 15 is 0 Å². The van der Waals surface area contributed by atoms with Gasteiger partial charge in [0.15, 0.2) is 6.10 Å². The fourth-order valence-corrected chi connectivity index (χ4v) is 7.74. The predicted molar refractivity (Wildman–Crippen MR) is 279 cm³/mol. The highest BCUT2D eigenvalue weighted by molar-refractivity contribution is 5.71. The summed E-state index contributed by atoms with van der Waals surface area (Å²) in [4.78, 5) is 38.1. The van der Waals surface area contributed by atoms with Crippen molar-refractivity contribution >= 4 is 17.9 Å². The van der Waals surface area contributed by atoms with Crippen molar-refractivity contribution in [2.45, 2.75) is 271 Å². The van der Waals surface area contributed by atoms with Crippen molar-refractivity contribution in [1.82, 2.24) is 0 Å². The van der Waals surface area contributed by atoms with Crippen LogP contribution >= 0.6 is 0 Å². The van der Waals surface area contributed by atoms with Crippen molar-refractivity contribution in [2.75, 3.05) is 13.2 Å². The Morgan fingerprint density at radius 2 is 0.600 bits per heavy atom. The molecular weight excluding hydrogens is 805 g/mol. The summed E-state index contributed by atoms with van der Waals surface area (Å²) in [6.07, 6.45) is 67.4. The Morgan fingerprint density at radius 1 is 0.323 bits per heavy atom. The summed E-state index contributed by atoms with van der Waals surface area (Å²) >= 11 is 0. The predicted octanol–water partition coefficient (Wildman–Crippen LogP) is 18.2. The van der Waals surface area contributed by atoms with Crippen LogP contribution in [0.25, 0.3) is 0 Å². The van der Waals surface area contributed by atoms with Crippen molar-refractivity contribution in [1.29, 1.82) is 0 Å². The van der Waals surface area contributed by atoms with Gasteiger partial charge in [0, 0.05) is 19.3 Å². The van der Waals surface area contributed by atoms with Crippen LogP contribution in [0.2, 0.25) is 0 Å². The molecule has 6 nitrogen and oxygen atoms in total. The lowest BCUT2D eigenvalue weighted by molar-refractivity contribution is -0.167. The number of carbonyl (C=O) groups is 3. The molecule has 0 heterocycles. The van der Waals surface area contributed by atoms with Crippen LogP contribution in [0, 0.1) is 0 Å². The Kier molecular flexibility index (Phi) is 50.9. The Hall–Kier alpha value is -3.15. The van der Waals surface area contributed by atoms with Gasteiger partial charge in [-0.15, -0.1) is 0 Å². The van der Waals surface area contributed by atoms with Crippen molar-refractivity contribution in [2.24, 2.45) is 0 Å². The molecule has 6 heteroatoms. The van der Waals surface area contributed by atoms with Crippen LogP contribution in [-0.4, -0.2) is 37.2 Å². The third-order valence-corrected chi connectivity index (χ3v) is 11.8. The van der Waals surface area contributed by atoms with Gasteiger partial charge in [0.25, 0.3) is 0 Å². The van der Waals surface area contributed by atoms with Crippen LogP contribution in [0.3, 0.4) is 0 Å². The molecule has 0 saturated carbocycles. The summed E-state index contributed by atoms with van der Waals surface area (Å²) in [6.45, 7) is 6.38. The molecule has 0 aromatic rings. The van der Waals surface area contributed by atoms with E-state index in [1.165, 1.54) is 141 Å². The Bertz CT molecular complexity index is 1230. The highest BCUT2D eigenvalue weighted by atomic mass is 16.6. The molecule has 65 heavy (non-hydrogen) atoms. The smallest absolute Gasteiger partial charge is 0.306 e. The highest BCUT2D eigenvalue weighted by Gasteiger charge is 2.19. The summed E-state index contributed by atoms with van der Waals surface area (Å²) in [5.74, 6) is -0.899. The first-order valence-electron chi connectivity index (χ1n) is 27.5. The van der Waals surface area contributed by atoms with E-state index in [1.807, 2.05) is 0 Å². The van der Waals surface area contributed by atoms with Gasteiger partial charge in [-0.1, -0.05) is 261 Å². The molecule has 0 aliphatic carbocycles. The summed E-state index contributed by atoms with van der Waals surface area (Å²) in [5, 5.41) is 0. The molecule has 0 aromatic heterocycles. The number of ether oxygens (including phenoxy) is 3. The van der Waals surface area contributed by atoms with Gasteiger partial charge in [0.05, 0.1) is 0 Å². The van der Waals surface area contributed by atoms with E-state index in [0.29, 0.717) is 19.3 Å². The molecule has 0 fully saturated rings. The first-order chi connectivity index (χ1) is 32.0. The van der Waals surface area contributed by atoms with E-state index in [9.17, 15) is 14.4 Å². The van der Waals surface area contributed by atoms with Gasteiger partial charge in [0.2, 0.25) is 0 Å². The van der Waals surface area contributed by atoms with E-state index in [0.717, 1.165) is 83.5 Å². The van der Waals surface area contributed by atoms with Gasteiger partial charge in [-0.3, -0.25) is 14.4 Å². The minimum Gasteiger partial charge on any atom is -0.462 e. The zero-order valence-electron chi connectivity index (χ0n) is 42.7. The number of hydrogen-bond donors (Lipinski definition) is 0. The first-order valence-corrected chi connectivity index (χ1v) is 27.5. The average molecular weight is 907 g/mol. The fourth-order valence-electron chi connectivity index (χ4n) is 7.74. The molecule has 0 radical (unpaired) electrons. The van der Waals surface area contributed by atoms with Gasteiger partial charge in [-0.05, 0) is 57.8 Å². The number of unbranched alkanes of at least 4 members (excludes halogenated alkanes) is 30. The summed E-state index contributed by atoms with van der Waals surface area (Å²) in [7, 11) is 0. The average Bonchev–Trinajstić information content (AvgIpc) is 3.30. The van der Waals surface area contributed by atoms with Crippen LogP contribution in [0.15, 0.2) is 72.9 Å². The maximum absolute atomic E-state index is 12.8. The van der Waals surface area contributed by atoms with Gasteiger partial charge >= 0.3 is 17.9 Å². The lowest BCUT2D eigenvalue weighted by Crippen LogP contribution is -2.30. The quantitative estimate of drug-likeness (QED) is 0.0262. The second-order valence-corrected chi connectivity index (χ2v) is 18.2. The van der Waals surface area contributed by atoms with Gasteiger partial charge in [-0.2, -0.15) is 0 Å². The maximum atomic E-state index is 12.8. The van der Waals surface area contributed by atoms with Crippen molar-refractivity contribution in [3.63, 3.8) is 0 Å². The fraction of sp³-hybridized carbons (Fsp3) is 0.746. The second-order valence-electron chi connectivity index (χ2n) is 18.2. The molecule has 0 aliphatic heterocycles. The van der Waals surface area contributed by atoms with E-state index in [-0.39, 0.29) is 31.1 Å². The van der Waals surface area contributed by atoms with E-state index in [1.54, 1.807) is 0 Å². The molecule has 0 spiro atoms.